The lowest BCUT2D eigenvalue weighted by atomic mass is 9.90. The first-order chi connectivity index (χ1) is 7.95. The van der Waals surface area contributed by atoms with Crippen LogP contribution in [-0.4, -0.2) is 23.4 Å². The van der Waals surface area contributed by atoms with Gasteiger partial charge in [-0.1, -0.05) is 23.7 Å². The molecule has 0 amide bonds. The molecule has 0 aromatic heterocycles. The second-order valence-corrected chi connectivity index (χ2v) is 5.36. The van der Waals surface area contributed by atoms with Gasteiger partial charge in [0.15, 0.2) is 5.96 Å². The maximum absolute atomic E-state index is 5.97. The minimum atomic E-state index is -0.164. The molecule has 1 aliphatic heterocycles. The molecule has 1 atom stereocenters. The minimum Gasteiger partial charge on any atom is -0.370 e. The van der Waals surface area contributed by atoms with Crippen LogP contribution in [0.25, 0.3) is 0 Å². The molecule has 4 heteroatoms. The van der Waals surface area contributed by atoms with Crippen LogP contribution in [0.4, 0.5) is 0 Å². The van der Waals surface area contributed by atoms with Crippen molar-refractivity contribution in [3.05, 3.63) is 34.9 Å². The normalized spacial score (nSPS) is 24.3. The second-order valence-electron chi connectivity index (χ2n) is 4.92. The fourth-order valence-corrected chi connectivity index (χ4v) is 2.64. The zero-order valence-corrected chi connectivity index (χ0v) is 11.2. The topological polar surface area (TPSA) is 41.6 Å². The number of halogens is 1. The average molecular weight is 252 g/mol. The highest BCUT2D eigenvalue weighted by atomic mass is 35.5. The predicted octanol–water partition coefficient (Wildman–Crippen LogP) is 2.59. The summed E-state index contributed by atoms with van der Waals surface area (Å²) in [5, 5.41) is 0.750. The third-order valence-corrected chi connectivity index (χ3v) is 3.56. The fourth-order valence-electron chi connectivity index (χ4n) is 2.51. The van der Waals surface area contributed by atoms with Gasteiger partial charge in [-0.2, -0.15) is 0 Å². The molecule has 0 saturated carbocycles. The molecule has 3 nitrogen and oxygen atoms in total. The Bertz CT molecular complexity index is 438. The molecule has 2 N–H and O–H groups in total. The summed E-state index contributed by atoms with van der Waals surface area (Å²) in [6, 6.07) is 8.24. The molecule has 1 unspecified atom stereocenters. The molecule has 2 rings (SSSR count). The molecule has 17 heavy (non-hydrogen) atoms. The third kappa shape index (κ3) is 2.00. The molecule has 0 radical (unpaired) electrons. The molecule has 92 valence electrons. The van der Waals surface area contributed by atoms with Crippen LogP contribution in [0.5, 0.6) is 0 Å². The van der Waals surface area contributed by atoms with Crippen molar-refractivity contribution in [2.45, 2.75) is 32.4 Å². The van der Waals surface area contributed by atoms with Crippen molar-refractivity contribution in [1.29, 1.82) is 0 Å². The van der Waals surface area contributed by atoms with E-state index >= 15 is 0 Å². The van der Waals surface area contributed by atoms with E-state index in [1.54, 1.807) is 0 Å². The van der Waals surface area contributed by atoms with Crippen LogP contribution in [0.3, 0.4) is 0 Å². The van der Waals surface area contributed by atoms with Crippen LogP contribution < -0.4 is 5.73 Å². The Balaban J connectivity index is 2.39. The number of nitrogens with zero attached hydrogens (tertiary/aromatic N) is 2. The van der Waals surface area contributed by atoms with Crippen molar-refractivity contribution in [1.82, 2.24) is 4.90 Å². The quantitative estimate of drug-likeness (QED) is 0.878. The Hall–Kier alpha value is -1.22. The van der Waals surface area contributed by atoms with Gasteiger partial charge in [-0.05, 0) is 38.5 Å². The first kappa shape index (κ1) is 12.2. The van der Waals surface area contributed by atoms with Gasteiger partial charge in [-0.15, -0.1) is 0 Å². The van der Waals surface area contributed by atoms with Crippen LogP contribution in [0.2, 0.25) is 5.02 Å². The monoisotopic (exact) mass is 251 g/mol. The number of hydrogen-bond donors (Lipinski definition) is 1. The standard InChI is InChI=1S/C13H18ClN3/c1-9(2)17-12(15)16-8-13(17,3)10-4-6-11(14)7-5-10/h4-7,9H,8H2,1-3H3,(H2,15,16). The summed E-state index contributed by atoms with van der Waals surface area (Å²) in [6.45, 7) is 7.11. The van der Waals surface area contributed by atoms with Gasteiger partial charge < -0.3 is 10.6 Å². The molecular weight excluding hydrogens is 234 g/mol. The zero-order chi connectivity index (χ0) is 12.6. The summed E-state index contributed by atoms with van der Waals surface area (Å²) >= 11 is 5.92. The van der Waals surface area contributed by atoms with Crippen LogP contribution in [-0.2, 0) is 5.54 Å². The van der Waals surface area contributed by atoms with E-state index in [-0.39, 0.29) is 5.54 Å². The Morgan fingerprint density at radius 3 is 2.47 bits per heavy atom. The largest absolute Gasteiger partial charge is 0.370 e. The highest BCUT2D eigenvalue weighted by molar-refractivity contribution is 6.30. The van der Waals surface area contributed by atoms with Crippen LogP contribution in [0.1, 0.15) is 26.3 Å². The highest BCUT2D eigenvalue weighted by Gasteiger charge is 2.40. The summed E-state index contributed by atoms with van der Waals surface area (Å²) in [5.41, 5.74) is 7.00. The van der Waals surface area contributed by atoms with Gasteiger partial charge in [0.25, 0.3) is 0 Å². The number of aliphatic imine (C=N–C) groups is 1. The van der Waals surface area contributed by atoms with Gasteiger partial charge in [0.05, 0.1) is 12.1 Å². The van der Waals surface area contributed by atoms with Crippen molar-refractivity contribution >= 4 is 17.6 Å². The van der Waals surface area contributed by atoms with E-state index in [1.807, 2.05) is 24.3 Å². The first-order valence-corrected chi connectivity index (χ1v) is 6.18. The summed E-state index contributed by atoms with van der Waals surface area (Å²) in [6.07, 6.45) is 0. The van der Waals surface area contributed by atoms with Gasteiger partial charge >= 0.3 is 0 Å². The van der Waals surface area contributed by atoms with Gasteiger partial charge in [0, 0.05) is 11.1 Å². The molecule has 1 aromatic rings. The first-order valence-electron chi connectivity index (χ1n) is 5.80. The molecule has 0 spiro atoms. The molecule has 1 aromatic carbocycles. The Morgan fingerprint density at radius 2 is 1.94 bits per heavy atom. The maximum atomic E-state index is 5.97. The highest BCUT2D eigenvalue weighted by Crippen LogP contribution is 2.34. The van der Waals surface area contributed by atoms with Gasteiger partial charge in [0.2, 0.25) is 0 Å². The Kier molecular flexibility index (Phi) is 3.04. The SMILES string of the molecule is CC(C)N1C(N)=NCC1(C)c1ccc(Cl)cc1. The lowest BCUT2D eigenvalue weighted by molar-refractivity contribution is 0.185. The summed E-state index contributed by atoms with van der Waals surface area (Å²) in [7, 11) is 0. The summed E-state index contributed by atoms with van der Waals surface area (Å²) < 4.78 is 0. The number of guanidine groups is 1. The van der Waals surface area contributed by atoms with E-state index in [1.165, 1.54) is 5.56 Å². The zero-order valence-electron chi connectivity index (χ0n) is 10.4. The van der Waals surface area contributed by atoms with E-state index in [4.69, 9.17) is 17.3 Å². The minimum absolute atomic E-state index is 0.164. The van der Waals surface area contributed by atoms with E-state index in [0.717, 1.165) is 5.02 Å². The molecule has 0 saturated heterocycles. The van der Waals surface area contributed by atoms with Crippen molar-refractivity contribution in [2.75, 3.05) is 6.54 Å². The van der Waals surface area contributed by atoms with Crippen molar-refractivity contribution in [3.8, 4) is 0 Å². The van der Waals surface area contributed by atoms with Gasteiger partial charge in [0.1, 0.15) is 0 Å². The van der Waals surface area contributed by atoms with E-state index in [2.05, 4.69) is 30.7 Å². The van der Waals surface area contributed by atoms with E-state index < -0.39 is 0 Å². The molecular formula is C13H18ClN3. The van der Waals surface area contributed by atoms with Crippen molar-refractivity contribution in [3.63, 3.8) is 0 Å². The number of hydrogen-bond acceptors (Lipinski definition) is 3. The molecule has 0 bridgehead atoms. The third-order valence-electron chi connectivity index (χ3n) is 3.31. The number of benzene rings is 1. The van der Waals surface area contributed by atoms with E-state index in [9.17, 15) is 0 Å². The summed E-state index contributed by atoms with van der Waals surface area (Å²) in [4.78, 5) is 6.54. The number of rotatable bonds is 2. The van der Waals surface area contributed by atoms with E-state index in [0.29, 0.717) is 18.5 Å². The Morgan fingerprint density at radius 1 is 1.35 bits per heavy atom. The maximum Gasteiger partial charge on any atom is 0.192 e. The lowest BCUT2D eigenvalue weighted by Crippen LogP contribution is -2.50. The molecule has 1 aliphatic rings. The smallest absolute Gasteiger partial charge is 0.192 e. The molecule has 1 heterocycles. The van der Waals surface area contributed by atoms with Crippen LogP contribution in [0.15, 0.2) is 29.3 Å². The second kappa shape index (κ2) is 4.22. The fraction of sp³-hybridized carbons (Fsp3) is 0.462. The lowest BCUT2D eigenvalue weighted by Gasteiger charge is -2.39. The molecule has 0 fully saturated rings. The van der Waals surface area contributed by atoms with Crippen LogP contribution >= 0.6 is 11.6 Å². The van der Waals surface area contributed by atoms with Crippen LogP contribution in [0, 0.1) is 0 Å². The van der Waals surface area contributed by atoms with Gasteiger partial charge in [-0.25, -0.2) is 0 Å². The Labute approximate surface area is 107 Å². The van der Waals surface area contributed by atoms with Crippen molar-refractivity contribution in [2.24, 2.45) is 10.7 Å². The summed E-state index contributed by atoms with van der Waals surface area (Å²) in [5.74, 6) is 0.623. The van der Waals surface area contributed by atoms with Gasteiger partial charge in [-0.3, -0.25) is 4.99 Å². The predicted molar refractivity (Wildman–Crippen MR) is 72.3 cm³/mol. The molecule has 0 aliphatic carbocycles. The van der Waals surface area contributed by atoms with Crippen molar-refractivity contribution < 1.29 is 0 Å². The average Bonchev–Trinajstić information content (AvgIpc) is 2.56. The number of nitrogens with two attached hydrogens (primary N) is 1.